The molecule has 1 fully saturated rings. The predicted molar refractivity (Wildman–Crippen MR) is 134 cm³/mol. The maximum absolute atomic E-state index is 9.53. The molecule has 4 aromatic rings. The summed E-state index contributed by atoms with van der Waals surface area (Å²) in [5, 5.41) is 18.9. The first-order valence-corrected chi connectivity index (χ1v) is 11.7. The van der Waals surface area contributed by atoms with Crippen molar-refractivity contribution in [3.8, 4) is 34.6 Å². The Balaban J connectivity index is 1.50. The summed E-state index contributed by atoms with van der Waals surface area (Å²) < 4.78 is 19.1. The van der Waals surface area contributed by atoms with E-state index in [1.807, 2.05) is 31.2 Å². The number of fused-ring (bicyclic) bond motifs is 1. The number of nitrogens with two attached hydrogens (primary N) is 1. The van der Waals surface area contributed by atoms with Gasteiger partial charge in [-0.25, -0.2) is 9.97 Å². The van der Waals surface area contributed by atoms with Gasteiger partial charge in [0, 0.05) is 23.4 Å². The number of imidazole rings is 1. The quantitative estimate of drug-likeness (QED) is 0.416. The lowest BCUT2D eigenvalue weighted by Crippen LogP contribution is -2.28. The third-order valence-electron chi connectivity index (χ3n) is 6.50. The van der Waals surface area contributed by atoms with Crippen LogP contribution in [0.25, 0.3) is 16.8 Å². The zero-order chi connectivity index (χ0) is 25.2. The maximum Gasteiger partial charge on any atom is 0.150 e. The fraction of sp³-hybridized carbons (Fsp3) is 0.296. The molecule has 2 unspecified atom stereocenters. The van der Waals surface area contributed by atoms with Gasteiger partial charge in [-0.3, -0.25) is 4.40 Å². The van der Waals surface area contributed by atoms with Crippen molar-refractivity contribution in [2.24, 2.45) is 0 Å². The van der Waals surface area contributed by atoms with Gasteiger partial charge in [0.2, 0.25) is 0 Å². The van der Waals surface area contributed by atoms with Gasteiger partial charge in [-0.2, -0.15) is 5.26 Å². The number of methoxy groups -OCH3 is 1. The monoisotopic (exact) mass is 485 g/mol. The zero-order valence-corrected chi connectivity index (χ0v) is 20.1. The molecule has 2 aromatic carbocycles. The Hall–Kier alpha value is -4.13. The average Bonchev–Trinajstić information content (AvgIpc) is 3.33. The van der Waals surface area contributed by atoms with Crippen LogP contribution < -0.4 is 15.2 Å². The number of anilines is 1. The molecule has 1 aliphatic rings. The van der Waals surface area contributed by atoms with Crippen LogP contribution in [0.2, 0.25) is 0 Å². The van der Waals surface area contributed by atoms with Crippen molar-refractivity contribution >= 4 is 11.3 Å². The summed E-state index contributed by atoms with van der Waals surface area (Å²) in [5.74, 6) is 2.80. The average molecular weight is 486 g/mol. The molecule has 9 heteroatoms. The van der Waals surface area contributed by atoms with Crippen LogP contribution in [0.4, 0.5) is 5.82 Å². The van der Waals surface area contributed by atoms with Crippen molar-refractivity contribution in [3.63, 3.8) is 0 Å². The van der Waals surface area contributed by atoms with Crippen molar-refractivity contribution < 1.29 is 19.3 Å². The Morgan fingerprint density at radius 1 is 1.19 bits per heavy atom. The largest absolute Gasteiger partial charge is 0.495 e. The molecular weight excluding hydrogens is 458 g/mol. The highest BCUT2D eigenvalue weighted by atomic mass is 16.5. The molecule has 0 saturated carbocycles. The molecule has 0 amide bonds. The Morgan fingerprint density at radius 3 is 2.64 bits per heavy atom. The third kappa shape index (κ3) is 4.21. The normalized spacial score (nSPS) is 17.6. The SMILES string of the molecule is COc1cccc(Oc2ccc(-c3nc(C4CCC(CO)OC4)n4c(C)cnc(N)c34)cc2)c1C#N. The number of aryl methyl sites for hydroxylation is 1. The molecule has 3 N–H and O–H groups in total. The smallest absolute Gasteiger partial charge is 0.150 e. The van der Waals surface area contributed by atoms with E-state index in [0.717, 1.165) is 41.1 Å². The molecule has 0 spiro atoms. The van der Waals surface area contributed by atoms with Crippen molar-refractivity contribution in [1.29, 1.82) is 5.26 Å². The lowest BCUT2D eigenvalue weighted by atomic mass is 9.98. The molecule has 0 aliphatic carbocycles. The van der Waals surface area contributed by atoms with Gasteiger partial charge in [0.05, 0.1) is 26.4 Å². The van der Waals surface area contributed by atoms with E-state index in [1.165, 1.54) is 7.11 Å². The summed E-state index contributed by atoms with van der Waals surface area (Å²) in [4.78, 5) is 9.39. The molecule has 1 saturated heterocycles. The van der Waals surface area contributed by atoms with Crippen LogP contribution in [0, 0.1) is 18.3 Å². The van der Waals surface area contributed by atoms with E-state index >= 15 is 0 Å². The first-order chi connectivity index (χ1) is 17.5. The fourth-order valence-electron chi connectivity index (χ4n) is 4.63. The Morgan fingerprint density at radius 2 is 1.97 bits per heavy atom. The summed E-state index contributed by atoms with van der Waals surface area (Å²) in [7, 11) is 1.52. The van der Waals surface area contributed by atoms with Crippen LogP contribution in [0.15, 0.2) is 48.7 Å². The van der Waals surface area contributed by atoms with E-state index in [9.17, 15) is 10.4 Å². The minimum absolute atomic E-state index is 0.0240. The number of aromatic nitrogens is 3. The van der Waals surface area contributed by atoms with Gasteiger partial charge in [0.15, 0.2) is 0 Å². The lowest BCUT2D eigenvalue weighted by molar-refractivity contribution is -0.0283. The molecule has 0 radical (unpaired) electrons. The molecule has 5 rings (SSSR count). The van der Waals surface area contributed by atoms with Gasteiger partial charge < -0.3 is 25.1 Å². The summed E-state index contributed by atoms with van der Waals surface area (Å²) in [6.45, 7) is 2.49. The zero-order valence-electron chi connectivity index (χ0n) is 20.1. The number of aliphatic hydroxyl groups is 1. The molecule has 184 valence electrons. The van der Waals surface area contributed by atoms with Gasteiger partial charge in [0.1, 0.15) is 51.7 Å². The molecule has 3 heterocycles. The van der Waals surface area contributed by atoms with Crippen molar-refractivity contribution in [2.75, 3.05) is 26.1 Å². The molecule has 9 nitrogen and oxygen atoms in total. The number of nitriles is 1. The molecule has 0 bridgehead atoms. The second-order valence-corrected chi connectivity index (χ2v) is 8.77. The van der Waals surface area contributed by atoms with E-state index in [2.05, 4.69) is 15.5 Å². The van der Waals surface area contributed by atoms with Crippen LogP contribution >= 0.6 is 0 Å². The van der Waals surface area contributed by atoms with Crippen LogP contribution in [-0.4, -0.2) is 45.9 Å². The Kier molecular flexibility index (Phi) is 6.46. The predicted octanol–water partition coefficient (Wildman–Crippen LogP) is 4.21. The van der Waals surface area contributed by atoms with Crippen LogP contribution in [0.1, 0.15) is 35.8 Å². The lowest BCUT2D eigenvalue weighted by Gasteiger charge is -2.27. The molecule has 1 aliphatic heterocycles. The van der Waals surface area contributed by atoms with Gasteiger partial charge >= 0.3 is 0 Å². The second kappa shape index (κ2) is 9.85. The van der Waals surface area contributed by atoms with Crippen molar-refractivity contribution in [1.82, 2.24) is 14.4 Å². The number of hydrogen-bond donors (Lipinski definition) is 2. The highest BCUT2D eigenvalue weighted by Gasteiger charge is 2.28. The number of ether oxygens (including phenoxy) is 3. The fourth-order valence-corrected chi connectivity index (χ4v) is 4.63. The van der Waals surface area contributed by atoms with Crippen molar-refractivity contribution in [3.05, 3.63) is 65.7 Å². The van der Waals surface area contributed by atoms with Crippen molar-refractivity contribution in [2.45, 2.75) is 31.8 Å². The highest BCUT2D eigenvalue weighted by Crippen LogP contribution is 2.36. The number of nitrogen functional groups attached to an aromatic ring is 1. The number of aliphatic hydroxyl groups excluding tert-OH is 1. The van der Waals surface area contributed by atoms with E-state index < -0.39 is 0 Å². The second-order valence-electron chi connectivity index (χ2n) is 8.77. The van der Waals surface area contributed by atoms with Gasteiger partial charge in [-0.15, -0.1) is 0 Å². The number of hydrogen-bond acceptors (Lipinski definition) is 8. The molecule has 2 aromatic heterocycles. The Bertz CT molecular complexity index is 1430. The van der Waals surface area contributed by atoms with Crippen LogP contribution in [0.5, 0.6) is 17.2 Å². The topological polar surface area (TPSA) is 128 Å². The van der Waals surface area contributed by atoms with Crippen LogP contribution in [0.3, 0.4) is 0 Å². The Labute approximate surface area is 208 Å². The number of nitrogens with zero attached hydrogens (tertiary/aromatic N) is 4. The van der Waals surface area contributed by atoms with E-state index in [0.29, 0.717) is 35.2 Å². The molecule has 2 atom stereocenters. The van der Waals surface area contributed by atoms with Gasteiger partial charge in [-0.1, -0.05) is 6.07 Å². The first-order valence-electron chi connectivity index (χ1n) is 11.7. The minimum Gasteiger partial charge on any atom is -0.495 e. The number of rotatable bonds is 6. The third-order valence-corrected chi connectivity index (χ3v) is 6.50. The first kappa shape index (κ1) is 23.6. The molecular formula is C27H27N5O4. The van der Waals surface area contributed by atoms with E-state index in [4.69, 9.17) is 24.9 Å². The molecule has 36 heavy (non-hydrogen) atoms. The summed E-state index contributed by atoms with van der Waals surface area (Å²) >= 11 is 0. The van der Waals surface area contributed by atoms with E-state index in [1.54, 1.807) is 24.4 Å². The maximum atomic E-state index is 9.53. The van der Waals surface area contributed by atoms with E-state index in [-0.39, 0.29) is 18.6 Å². The summed E-state index contributed by atoms with van der Waals surface area (Å²) in [5.41, 5.74) is 9.95. The standard InChI is InChI=1S/C27H27N5O4/c1-16-13-30-26(29)25-24(31-27(32(16)25)18-8-11-20(14-33)35-15-18)17-6-9-19(10-7-17)36-23-5-3-4-22(34-2)21(23)12-28/h3-7,9-10,13,18,20,33H,8,11,14-15H2,1-2H3,(H2,29,30). The number of benzene rings is 2. The highest BCUT2D eigenvalue weighted by molar-refractivity contribution is 5.85. The van der Waals surface area contributed by atoms with Gasteiger partial charge in [-0.05, 0) is 56.2 Å². The summed E-state index contributed by atoms with van der Waals surface area (Å²) in [6, 6.07) is 14.8. The van der Waals surface area contributed by atoms with Crippen LogP contribution in [-0.2, 0) is 4.74 Å². The minimum atomic E-state index is -0.126. The van der Waals surface area contributed by atoms with Gasteiger partial charge in [0.25, 0.3) is 0 Å². The summed E-state index contributed by atoms with van der Waals surface area (Å²) in [6.07, 6.45) is 3.25.